The number of carbonyl (C=O) groups excluding carboxylic acids is 2. The number of benzene rings is 1. The highest BCUT2D eigenvalue weighted by Crippen LogP contribution is 2.32. The van der Waals surface area contributed by atoms with Crippen LogP contribution in [0.25, 0.3) is 0 Å². The lowest BCUT2D eigenvalue weighted by Crippen LogP contribution is -2.47. The molecule has 22 heavy (non-hydrogen) atoms. The lowest BCUT2D eigenvalue weighted by molar-refractivity contribution is -0.133. The molecule has 2 fully saturated rings. The second-order valence-corrected chi connectivity index (χ2v) is 7.57. The molecule has 1 N–H and O–H groups in total. The zero-order chi connectivity index (χ0) is 15.7. The number of likely N-dealkylation sites (tertiary alicyclic amines) is 1. The molecule has 0 spiro atoms. The van der Waals surface area contributed by atoms with E-state index in [1.54, 1.807) is 12.1 Å². The SMILES string of the molecule is O=C(NC1CCN(C(=O)C2CC2)CC1)c1cc(Cl)ccc1I. The Labute approximate surface area is 148 Å². The summed E-state index contributed by atoms with van der Waals surface area (Å²) in [5, 5.41) is 3.63. The summed E-state index contributed by atoms with van der Waals surface area (Å²) in [6.45, 7) is 1.49. The number of halogens is 2. The van der Waals surface area contributed by atoms with Crippen LogP contribution in [-0.4, -0.2) is 35.8 Å². The first-order chi connectivity index (χ1) is 10.5. The molecule has 0 radical (unpaired) electrons. The monoisotopic (exact) mass is 432 g/mol. The highest BCUT2D eigenvalue weighted by Gasteiger charge is 2.35. The third-order valence-corrected chi connectivity index (χ3v) is 5.42. The van der Waals surface area contributed by atoms with Gasteiger partial charge in [0.1, 0.15) is 0 Å². The van der Waals surface area contributed by atoms with E-state index in [9.17, 15) is 9.59 Å². The van der Waals surface area contributed by atoms with Crippen LogP contribution in [0.4, 0.5) is 0 Å². The van der Waals surface area contributed by atoms with Gasteiger partial charge < -0.3 is 10.2 Å². The molecule has 3 rings (SSSR count). The maximum atomic E-state index is 12.4. The minimum Gasteiger partial charge on any atom is -0.349 e. The Kier molecular flexibility index (Phi) is 4.92. The third kappa shape index (κ3) is 3.74. The van der Waals surface area contributed by atoms with E-state index in [2.05, 4.69) is 27.9 Å². The van der Waals surface area contributed by atoms with Crippen molar-refractivity contribution < 1.29 is 9.59 Å². The normalized spacial score (nSPS) is 19.1. The van der Waals surface area contributed by atoms with Crippen molar-refractivity contribution in [1.29, 1.82) is 0 Å². The smallest absolute Gasteiger partial charge is 0.252 e. The molecule has 0 bridgehead atoms. The quantitative estimate of drug-likeness (QED) is 0.746. The molecule has 0 unspecified atom stereocenters. The van der Waals surface area contributed by atoms with E-state index in [0.29, 0.717) is 16.5 Å². The van der Waals surface area contributed by atoms with Gasteiger partial charge in [-0.25, -0.2) is 0 Å². The van der Waals surface area contributed by atoms with E-state index in [1.807, 2.05) is 11.0 Å². The van der Waals surface area contributed by atoms with Crippen LogP contribution >= 0.6 is 34.2 Å². The maximum absolute atomic E-state index is 12.4. The molecule has 2 amide bonds. The van der Waals surface area contributed by atoms with Crippen LogP contribution in [0.15, 0.2) is 18.2 Å². The zero-order valence-corrected chi connectivity index (χ0v) is 15.1. The molecule has 1 saturated carbocycles. The molecule has 1 saturated heterocycles. The van der Waals surface area contributed by atoms with Crippen molar-refractivity contribution in [3.8, 4) is 0 Å². The number of hydrogen-bond acceptors (Lipinski definition) is 2. The average molecular weight is 433 g/mol. The van der Waals surface area contributed by atoms with Crippen molar-refractivity contribution >= 4 is 46.0 Å². The summed E-state index contributed by atoms with van der Waals surface area (Å²) in [4.78, 5) is 26.3. The van der Waals surface area contributed by atoms with Crippen molar-refractivity contribution in [2.75, 3.05) is 13.1 Å². The molecule has 0 atom stereocenters. The van der Waals surface area contributed by atoms with Crippen molar-refractivity contribution in [2.24, 2.45) is 5.92 Å². The number of piperidine rings is 1. The number of hydrogen-bond donors (Lipinski definition) is 1. The van der Waals surface area contributed by atoms with E-state index in [4.69, 9.17) is 11.6 Å². The van der Waals surface area contributed by atoms with Gasteiger partial charge in [0.25, 0.3) is 5.91 Å². The van der Waals surface area contributed by atoms with Crippen LogP contribution in [0, 0.1) is 9.49 Å². The van der Waals surface area contributed by atoms with Crippen LogP contribution in [0.3, 0.4) is 0 Å². The lowest BCUT2D eigenvalue weighted by atomic mass is 10.0. The van der Waals surface area contributed by atoms with Gasteiger partial charge in [-0.3, -0.25) is 9.59 Å². The molecule has 1 aromatic carbocycles. The number of nitrogens with zero attached hydrogens (tertiary/aromatic N) is 1. The van der Waals surface area contributed by atoms with Gasteiger partial charge in [0.15, 0.2) is 0 Å². The van der Waals surface area contributed by atoms with E-state index < -0.39 is 0 Å². The standard InChI is InChI=1S/C16H18ClIN2O2/c17-11-3-4-14(18)13(9-11)15(21)19-12-5-7-20(8-6-12)16(22)10-1-2-10/h3-4,9-10,12H,1-2,5-8H2,(H,19,21). The molecule has 118 valence electrons. The molecule has 1 heterocycles. The molecular weight excluding hydrogens is 415 g/mol. The van der Waals surface area contributed by atoms with Crippen molar-refractivity contribution in [1.82, 2.24) is 10.2 Å². The largest absolute Gasteiger partial charge is 0.349 e. The highest BCUT2D eigenvalue weighted by atomic mass is 127. The van der Waals surface area contributed by atoms with E-state index in [1.165, 1.54) is 0 Å². The first-order valence-corrected chi connectivity index (χ1v) is 9.05. The highest BCUT2D eigenvalue weighted by molar-refractivity contribution is 14.1. The van der Waals surface area contributed by atoms with Gasteiger partial charge >= 0.3 is 0 Å². The number of carbonyl (C=O) groups is 2. The molecular formula is C16H18ClIN2O2. The Bertz CT molecular complexity index is 596. The van der Waals surface area contributed by atoms with Crippen LogP contribution in [-0.2, 0) is 4.79 Å². The van der Waals surface area contributed by atoms with Gasteiger partial charge in [-0.1, -0.05) is 11.6 Å². The summed E-state index contributed by atoms with van der Waals surface area (Å²) in [6, 6.07) is 5.45. The molecule has 1 aliphatic carbocycles. The van der Waals surface area contributed by atoms with Gasteiger partial charge in [0.2, 0.25) is 5.91 Å². The summed E-state index contributed by atoms with van der Waals surface area (Å²) in [5.74, 6) is 0.493. The summed E-state index contributed by atoms with van der Waals surface area (Å²) >= 11 is 8.11. The molecule has 0 aromatic heterocycles. The molecule has 1 aliphatic heterocycles. The summed E-state index contributed by atoms with van der Waals surface area (Å²) in [6.07, 6.45) is 3.73. The minimum atomic E-state index is -0.0844. The van der Waals surface area contributed by atoms with E-state index in [-0.39, 0.29) is 17.9 Å². The Balaban J connectivity index is 1.54. The fourth-order valence-electron chi connectivity index (χ4n) is 2.77. The van der Waals surface area contributed by atoms with Crippen molar-refractivity contribution in [2.45, 2.75) is 31.7 Å². The summed E-state index contributed by atoms with van der Waals surface area (Å²) < 4.78 is 0.890. The van der Waals surface area contributed by atoms with Crippen LogP contribution in [0.1, 0.15) is 36.0 Å². The summed E-state index contributed by atoms with van der Waals surface area (Å²) in [5.41, 5.74) is 0.615. The summed E-state index contributed by atoms with van der Waals surface area (Å²) in [7, 11) is 0. The predicted molar refractivity (Wildman–Crippen MR) is 94.0 cm³/mol. The minimum absolute atomic E-state index is 0.0844. The Morgan fingerprint density at radius 2 is 1.86 bits per heavy atom. The van der Waals surface area contributed by atoms with E-state index >= 15 is 0 Å². The number of nitrogens with one attached hydrogen (secondary N) is 1. The molecule has 1 aromatic rings. The first kappa shape index (κ1) is 16.1. The Morgan fingerprint density at radius 3 is 2.50 bits per heavy atom. The van der Waals surface area contributed by atoms with Gasteiger partial charge in [-0.2, -0.15) is 0 Å². The molecule has 4 nitrogen and oxygen atoms in total. The fraction of sp³-hybridized carbons (Fsp3) is 0.500. The topological polar surface area (TPSA) is 49.4 Å². The molecule has 2 aliphatic rings. The van der Waals surface area contributed by atoms with E-state index in [0.717, 1.165) is 42.3 Å². The number of rotatable bonds is 3. The Hall–Kier alpha value is -0.820. The predicted octanol–water partition coefficient (Wildman–Crippen LogP) is 3.08. The third-order valence-electron chi connectivity index (χ3n) is 4.24. The van der Waals surface area contributed by atoms with Crippen molar-refractivity contribution in [3.63, 3.8) is 0 Å². The van der Waals surface area contributed by atoms with Crippen molar-refractivity contribution in [3.05, 3.63) is 32.4 Å². The first-order valence-electron chi connectivity index (χ1n) is 7.59. The van der Waals surface area contributed by atoms with Crippen LogP contribution in [0.5, 0.6) is 0 Å². The van der Waals surface area contributed by atoms with Crippen LogP contribution in [0.2, 0.25) is 5.02 Å². The fourth-order valence-corrected chi connectivity index (χ4v) is 3.52. The Morgan fingerprint density at radius 1 is 1.18 bits per heavy atom. The van der Waals surface area contributed by atoms with Gasteiger partial charge in [0, 0.05) is 33.6 Å². The average Bonchev–Trinajstić information content (AvgIpc) is 3.34. The second-order valence-electron chi connectivity index (χ2n) is 5.97. The lowest BCUT2D eigenvalue weighted by Gasteiger charge is -2.32. The zero-order valence-electron chi connectivity index (χ0n) is 12.1. The molecule has 6 heteroatoms. The van der Waals surface area contributed by atoms with Gasteiger partial charge in [-0.15, -0.1) is 0 Å². The van der Waals surface area contributed by atoms with Gasteiger partial charge in [0.05, 0.1) is 5.56 Å². The number of amides is 2. The van der Waals surface area contributed by atoms with Crippen LogP contribution < -0.4 is 5.32 Å². The second kappa shape index (κ2) is 6.74. The van der Waals surface area contributed by atoms with Gasteiger partial charge in [-0.05, 0) is 66.5 Å². The maximum Gasteiger partial charge on any atom is 0.252 e.